The summed E-state index contributed by atoms with van der Waals surface area (Å²) in [6.07, 6.45) is 7.85. The minimum absolute atomic E-state index is 0.0269. The third-order valence-electron chi connectivity index (χ3n) is 13.0. The molecule has 9 atom stereocenters. The van der Waals surface area contributed by atoms with Gasteiger partial charge in [-0.15, -0.1) is 0 Å². The van der Waals surface area contributed by atoms with Crippen LogP contribution in [0.2, 0.25) is 0 Å². The number of ketones is 1. The summed E-state index contributed by atoms with van der Waals surface area (Å²) in [4.78, 5) is 27.8. The Bertz CT molecular complexity index is 1070. The van der Waals surface area contributed by atoms with Crippen molar-refractivity contribution in [2.24, 2.45) is 50.2 Å². The van der Waals surface area contributed by atoms with E-state index in [0.717, 1.165) is 50.5 Å². The zero-order valence-corrected chi connectivity index (χ0v) is 24.1. The summed E-state index contributed by atoms with van der Waals surface area (Å²) in [5, 5.41) is 21.6. The molecule has 0 radical (unpaired) electrons. The number of hydrogen-bond acceptors (Lipinski definition) is 5. The predicted molar refractivity (Wildman–Crippen MR) is 143 cm³/mol. The lowest BCUT2D eigenvalue weighted by atomic mass is 9.33. The van der Waals surface area contributed by atoms with Crippen LogP contribution in [0.25, 0.3) is 0 Å². The Balaban J connectivity index is 1.67. The number of methoxy groups -OCH3 is 1. The van der Waals surface area contributed by atoms with Gasteiger partial charge >= 0.3 is 5.97 Å². The van der Waals surface area contributed by atoms with Crippen LogP contribution in [0.5, 0.6) is 0 Å². The van der Waals surface area contributed by atoms with Crippen LogP contribution in [0.1, 0.15) is 92.9 Å². The quantitative estimate of drug-likeness (QED) is 0.370. The molecule has 5 aliphatic carbocycles. The van der Waals surface area contributed by atoms with Gasteiger partial charge in [0.05, 0.1) is 25.2 Å². The highest BCUT2D eigenvalue weighted by Gasteiger charge is 2.71. The zero-order chi connectivity index (χ0) is 27.4. The molecule has 5 heteroatoms. The molecule has 0 amide bonds. The van der Waals surface area contributed by atoms with E-state index in [1.54, 1.807) is 0 Å². The number of hydrogen-bond donors (Lipinski definition) is 2. The fraction of sp³-hybridized carbons (Fsp3) is 0.812. The van der Waals surface area contributed by atoms with E-state index >= 15 is 0 Å². The number of allylic oxidation sites excluding steroid dienone is 2. The highest BCUT2D eigenvalue weighted by Crippen LogP contribution is 2.75. The maximum Gasteiger partial charge on any atom is 0.312 e. The average Bonchev–Trinajstić information content (AvgIpc) is 2.83. The van der Waals surface area contributed by atoms with Crippen molar-refractivity contribution in [2.75, 3.05) is 13.7 Å². The standard InChI is InChI=1S/C32H48O5/c1-19-16-28(4)22(29(5,18-33)25(19)35)9-10-30(6)23(28)15-21(34)24-20-17-27(2,3)11-13-32(20,26(36)37-8)14-12-31(24,30)7/h15,20,22,24-25,33,35H,1,9-14,16-18H2,2-8H3/t20?,22?,24?,25?,28?,29-,30?,31+,32?/m0/s1. The van der Waals surface area contributed by atoms with Crippen LogP contribution < -0.4 is 0 Å². The molecule has 37 heavy (non-hydrogen) atoms. The van der Waals surface area contributed by atoms with Gasteiger partial charge in [0.1, 0.15) is 0 Å². The largest absolute Gasteiger partial charge is 0.469 e. The number of rotatable bonds is 2. The average molecular weight is 513 g/mol. The van der Waals surface area contributed by atoms with Gasteiger partial charge in [0.25, 0.3) is 0 Å². The summed E-state index contributed by atoms with van der Waals surface area (Å²) in [7, 11) is 1.49. The van der Waals surface area contributed by atoms with Gasteiger partial charge in [-0.05, 0) is 96.5 Å². The normalized spacial score (nSPS) is 50.7. The molecule has 5 aliphatic rings. The first kappa shape index (κ1) is 27.1. The van der Waals surface area contributed by atoms with Crippen molar-refractivity contribution < 1.29 is 24.5 Å². The lowest BCUT2D eigenvalue weighted by molar-refractivity contribution is -0.195. The molecule has 0 aromatic rings. The third kappa shape index (κ3) is 3.22. The summed E-state index contributed by atoms with van der Waals surface area (Å²) in [6.45, 7) is 17.6. The number of esters is 1. The zero-order valence-electron chi connectivity index (χ0n) is 24.1. The summed E-state index contributed by atoms with van der Waals surface area (Å²) in [6, 6.07) is 0. The fourth-order valence-electron chi connectivity index (χ4n) is 10.7. The van der Waals surface area contributed by atoms with Gasteiger partial charge in [-0.3, -0.25) is 9.59 Å². The molecule has 2 N–H and O–H groups in total. The van der Waals surface area contributed by atoms with E-state index in [1.807, 2.05) is 13.0 Å². The van der Waals surface area contributed by atoms with E-state index in [-0.39, 0.29) is 57.8 Å². The van der Waals surface area contributed by atoms with Crippen molar-refractivity contribution in [3.8, 4) is 0 Å². The Kier molecular flexibility index (Phi) is 5.89. The van der Waals surface area contributed by atoms with Gasteiger partial charge in [0, 0.05) is 11.3 Å². The van der Waals surface area contributed by atoms with Crippen molar-refractivity contribution in [1.82, 2.24) is 0 Å². The van der Waals surface area contributed by atoms with Crippen LogP contribution in [-0.2, 0) is 14.3 Å². The van der Waals surface area contributed by atoms with Gasteiger partial charge in [-0.2, -0.15) is 0 Å². The van der Waals surface area contributed by atoms with Crippen LogP contribution in [0.15, 0.2) is 23.8 Å². The maximum absolute atomic E-state index is 14.4. The minimum Gasteiger partial charge on any atom is -0.469 e. The fourth-order valence-corrected chi connectivity index (χ4v) is 10.7. The van der Waals surface area contributed by atoms with E-state index in [4.69, 9.17) is 4.74 Å². The molecule has 5 nitrogen and oxygen atoms in total. The van der Waals surface area contributed by atoms with Crippen molar-refractivity contribution in [3.05, 3.63) is 23.8 Å². The first-order valence-electron chi connectivity index (χ1n) is 14.4. The SMILES string of the molecule is C=C1CC2(C)C3=CC(=O)C4C5CC(C)(C)CCC5(C(=O)OC)CC[C@@]4(C)C3(C)CCC2[C@](C)(CO)C1O. The topological polar surface area (TPSA) is 83.8 Å². The number of carbonyl (C=O) groups excluding carboxylic acids is 2. The van der Waals surface area contributed by atoms with Crippen molar-refractivity contribution in [1.29, 1.82) is 0 Å². The first-order valence-corrected chi connectivity index (χ1v) is 14.4. The van der Waals surface area contributed by atoms with Gasteiger partial charge in [-0.25, -0.2) is 0 Å². The molecule has 0 aromatic heterocycles. The lowest BCUT2D eigenvalue weighted by Crippen LogP contribution is -2.67. The Morgan fingerprint density at radius 1 is 1.08 bits per heavy atom. The number of aliphatic hydroxyl groups excluding tert-OH is 2. The van der Waals surface area contributed by atoms with Gasteiger partial charge < -0.3 is 14.9 Å². The summed E-state index contributed by atoms with van der Waals surface area (Å²) >= 11 is 0. The summed E-state index contributed by atoms with van der Waals surface area (Å²) < 4.78 is 5.42. The second kappa shape index (κ2) is 8.03. The molecular formula is C32H48O5. The Labute approximate surface area is 223 Å². The monoisotopic (exact) mass is 512 g/mol. The second-order valence-corrected chi connectivity index (χ2v) is 15.2. The van der Waals surface area contributed by atoms with Crippen molar-refractivity contribution in [3.63, 3.8) is 0 Å². The van der Waals surface area contributed by atoms with E-state index in [1.165, 1.54) is 12.7 Å². The minimum atomic E-state index is -0.747. The van der Waals surface area contributed by atoms with E-state index in [0.29, 0.717) is 6.42 Å². The van der Waals surface area contributed by atoms with Gasteiger partial charge in [-0.1, -0.05) is 53.7 Å². The highest BCUT2D eigenvalue weighted by atomic mass is 16.5. The Hall–Kier alpha value is -1.46. The molecule has 0 spiro atoms. The first-order chi connectivity index (χ1) is 17.1. The number of carbonyl (C=O) groups is 2. The molecule has 0 heterocycles. The highest BCUT2D eigenvalue weighted by molar-refractivity contribution is 5.96. The Morgan fingerprint density at radius 2 is 1.73 bits per heavy atom. The van der Waals surface area contributed by atoms with Gasteiger partial charge in [0.15, 0.2) is 5.78 Å². The second-order valence-electron chi connectivity index (χ2n) is 15.2. The molecule has 4 saturated carbocycles. The summed E-state index contributed by atoms with van der Waals surface area (Å²) in [5.74, 6) is -0.148. The van der Waals surface area contributed by atoms with Crippen molar-refractivity contribution >= 4 is 11.8 Å². The molecule has 4 fully saturated rings. The Morgan fingerprint density at radius 3 is 2.35 bits per heavy atom. The number of aliphatic hydroxyl groups is 2. The lowest BCUT2D eigenvalue weighted by Gasteiger charge is -2.70. The van der Waals surface area contributed by atoms with Crippen LogP contribution in [-0.4, -0.2) is 41.8 Å². The molecule has 0 aromatic carbocycles. The van der Waals surface area contributed by atoms with Crippen molar-refractivity contribution in [2.45, 2.75) is 99.0 Å². The van der Waals surface area contributed by atoms with Gasteiger partial charge in [0.2, 0.25) is 0 Å². The molecule has 206 valence electrons. The molecular weight excluding hydrogens is 464 g/mol. The number of fused-ring (bicyclic) bond motifs is 7. The molecule has 0 bridgehead atoms. The predicted octanol–water partition coefficient (Wildman–Crippen LogP) is 5.64. The summed E-state index contributed by atoms with van der Waals surface area (Å²) in [5.41, 5.74) is -0.0815. The van der Waals surface area contributed by atoms with Crippen LogP contribution in [0.4, 0.5) is 0 Å². The van der Waals surface area contributed by atoms with Crippen LogP contribution in [0.3, 0.4) is 0 Å². The molecule has 0 aliphatic heterocycles. The van der Waals surface area contributed by atoms with E-state index in [2.05, 4.69) is 41.2 Å². The molecule has 0 saturated heterocycles. The maximum atomic E-state index is 14.4. The van der Waals surface area contributed by atoms with Crippen LogP contribution in [0, 0.1) is 50.2 Å². The van der Waals surface area contributed by atoms with Crippen LogP contribution >= 0.6 is 0 Å². The number of ether oxygens (including phenoxy) is 1. The van der Waals surface area contributed by atoms with E-state index < -0.39 is 16.9 Å². The third-order valence-corrected chi connectivity index (χ3v) is 13.0. The van der Waals surface area contributed by atoms with E-state index in [9.17, 15) is 19.8 Å². The molecule has 5 rings (SSSR count). The smallest absolute Gasteiger partial charge is 0.312 e. The molecule has 7 unspecified atom stereocenters.